The number of aromatic nitrogens is 1. The fourth-order valence-corrected chi connectivity index (χ4v) is 4.97. The van der Waals surface area contributed by atoms with Gasteiger partial charge >= 0.3 is 0 Å². The van der Waals surface area contributed by atoms with Crippen molar-refractivity contribution in [2.75, 3.05) is 6.26 Å². The zero-order valence-electron chi connectivity index (χ0n) is 14.4. The molecule has 3 fully saturated rings. The van der Waals surface area contributed by atoms with Gasteiger partial charge in [-0.2, -0.15) is 0 Å². The highest BCUT2D eigenvalue weighted by atomic mass is 35.5. The minimum atomic E-state index is -2.98. The molecule has 0 saturated heterocycles. The number of hydrogen-bond acceptors (Lipinski definition) is 6. The molecule has 1 unspecified atom stereocenters. The Kier molecular flexibility index (Phi) is 3.20. The molecule has 3 aliphatic rings. The highest BCUT2D eigenvalue weighted by Gasteiger charge is 2.71. The zero-order chi connectivity index (χ0) is 19.0. The van der Waals surface area contributed by atoms with Crippen LogP contribution in [0.3, 0.4) is 0 Å². The van der Waals surface area contributed by atoms with E-state index in [1.807, 2.05) is 6.07 Å². The summed E-state index contributed by atoms with van der Waals surface area (Å²) in [5, 5.41) is 3.62. The van der Waals surface area contributed by atoms with E-state index in [2.05, 4.69) is 10.3 Å². The van der Waals surface area contributed by atoms with Crippen LogP contribution >= 0.6 is 11.6 Å². The third-order valence-electron chi connectivity index (χ3n) is 5.40. The van der Waals surface area contributed by atoms with E-state index in [-0.39, 0.29) is 27.7 Å². The lowest BCUT2D eigenvalue weighted by Gasteiger charge is -2.68. The minimum absolute atomic E-state index is 0.00634. The topological polar surface area (TPSA) is 109 Å². The minimum Gasteiger partial charge on any atom is -0.441 e. The van der Waals surface area contributed by atoms with E-state index in [1.54, 1.807) is 12.1 Å². The molecule has 1 amide bonds. The number of carbonyl (C=O) groups is 1. The fourth-order valence-electron chi connectivity index (χ4n) is 4.23. The maximum atomic E-state index is 12.4. The second-order valence-electron chi connectivity index (χ2n) is 7.64. The van der Waals surface area contributed by atoms with Gasteiger partial charge in [0.1, 0.15) is 15.2 Å². The summed E-state index contributed by atoms with van der Waals surface area (Å²) in [6.45, 7) is 0. The van der Waals surface area contributed by atoms with Gasteiger partial charge in [-0.05, 0) is 49.6 Å². The van der Waals surface area contributed by atoms with Crippen LogP contribution in [0.4, 0.5) is 0 Å². The van der Waals surface area contributed by atoms with E-state index in [0.717, 1.165) is 24.8 Å². The number of halogens is 1. The maximum Gasteiger partial charge on any atom is 0.287 e. The molecule has 1 aromatic carbocycles. The lowest BCUT2D eigenvalue weighted by Crippen LogP contribution is -2.76. The number of rotatable bonds is 4. The van der Waals surface area contributed by atoms with Crippen molar-refractivity contribution < 1.29 is 17.8 Å². The van der Waals surface area contributed by atoms with Crippen LogP contribution in [0.25, 0.3) is 11.1 Å². The van der Waals surface area contributed by atoms with Gasteiger partial charge in [0.25, 0.3) is 5.91 Å². The zero-order valence-corrected chi connectivity index (χ0v) is 15.9. The summed E-state index contributed by atoms with van der Waals surface area (Å²) >= 11 is 6.00. The van der Waals surface area contributed by atoms with Crippen molar-refractivity contribution in [3.63, 3.8) is 0 Å². The molecule has 1 atom stereocenters. The third kappa shape index (κ3) is 2.50. The average Bonchev–Trinajstić information content (AvgIpc) is 3.14. The van der Waals surface area contributed by atoms with Gasteiger partial charge in [-0.15, -0.1) is 0 Å². The molecular formula is C18H16ClN3O4S. The Balaban J connectivity index is 1.30. The van der Waals surface area contributed by atoms with E-state index < -0.39 is 9.73 Å². The van der Waals surface area contributed by atoms with Crippen LogP contribution < -0.4 is 5.32 Å². The van der Waals surface area contributed by atoms with Gasteiger partial charge in [0.05, 0.1) is 5.41 Å². The standard InChI is InChI=1S/C18H16ClN3O4S/c1-27(20,24)14-5-4-13(25-14)15(23)22-18-7-17(8-18,9-18)16-21-11-6-10(19)2-3-12(11)26-16/h2-6,20H,7-9H2,1H3,(H,22,23). The molecule has 0 spiro atoms. The Bertz CT molecular complexity index is 1190. The van der Waals surface area contributed by atoms with Crippen molar-refractivity contribution in [1.29, 1.82) is 4.78 Å². The van der Waals surface area contributed by atoms with E-state index in [9.17, 15) is 9.00 Å². The van der Waals surface area contributed by atoms with Crippen LogP contribution in [0.2, 0.25) is 5.02 Å². The van der Waals surface area contributed by atoms with Crippen molar-refractivity contribution in [3.8, 4) is 0 Å². The fraction of sp³-hybridized carbons (Fsp3) is 0.333. The molecule has 3 saturated carbocycles. The molecule has 2 N–H and O–H groups in total. The van der Waals surface area contributed by atoms with E-state index in [1.165, 1.54) is 18.4 Å². The molecule has 2 heterocycles. The molecule has 2 aromatic heterocycles. The lowest BCUT2D eigenvalue weighted by atomic mass is 9.39. The molecule has 0 radical (unpaired) electrons. The average molecular weight is 406 g/mol. The van der Waals surface area contributed by atoms with E-state index in [4.69, 9.17) is 25.2 Å². The van der Waals surface area contributed by atoms with Crippen LogP contribution in [-0.2, 0) is 15.1 Å². The normalized spacial score (nSPS) is 28.2. The third-order valence-corrected chi connectivity index (χ3v) is 6.62. The Morgan fingerprint density at radius 1 is 1.26 bits per heavy atom. The van der Waals surface area contributed by atoms with Gasteiger partial charge in [0.15, 0.2) is 16.4 Å². The van der Waals surface area contributed by atoms with Crippen molar-refractivity contribution >= 4 is 38.3 Å². The molecule has 7 nitrogen and oxygen atoms in total. The number of nitrogens with one attached hydrogen (secondary N) is 2. The quantitative estimate of drug-likeness (QED) is 0.687. The summed E-state index contributed by atoms with van der Waals surface area (Å²) in [7, 11) is -2.98. The Morgan fingerprint density at radius 2 is 2.00 bits per heavy atom. The second-order valence-corrected chi connectivity index (χ2v) is 10.2. The number of amides is 1. The maximum absolute atomic E-state index is 12.4. The highest BCUT2D eigenvalue weighted by Crippen LogP contribution is 2.67. The first-order chi connectivity index (χ1) is 12.7. The van der Waals surface area contributed by atoms with E-state index >= 15 is 0 Å². The smallest absolute Gasteiger partial charge is 0.287 e. The molecule has 27 heavy (non-hydrogen) atoms. The predicted octanol–water partition coefficient (Wildman–Crippen LogP) is 3.71. The first kappa shape index (κ1) is 16.8. The first-order valence-electron chi connectivity index (χ1n) is 8.41. The van der Waals surface area contributed by atoms with Gasteiger partial charge in [-0.25, -0.2) is 14.0 Å². The van der Waals surface area contributed by atoms with Gasteiger partial charge in [-0.1, -0.05) is 11.6 Å². The predicted molar refractivity (Wildman–Crippen MR) is 98.5 cm³/mol. The van der Waals surface area contributed by atoms with Crippen LogP contribution in [0.1, 0.15) is 35.7 Å². The number of nitrogens with zero attached hydrogens (tertiary/aromatic N) is 1. The van der Waals surface area contributed by atoms with Crippen molar-refractivity contribution in [2.45, 2.75) is 35.3 Å². The molecule has 9 heteroatoms. The number of hydrogen-bond donors (Lipinski definition) is 2. The molecule has 3 aromatic rings. The number of oxazole rings is 1. The van der Waals surface area contributed by atoms with Gasteiger partial charge in [-0.3, -0.25) is 4.79 Å². The molecule has 2 bridgehead atoms. The summed E-state index contributed by atoms with van der Waals surface area (Å²) in [6, 6.07) is 8.22. The van der Waals surface area contributed by atoms with Crippen LogP contribution in [-0.4, -0.2) is 26.9 Å². The summed E-state index contributed by atoms with van der Waals surface area (Å²) in [5.41, 5.74) is 1.03. The summed E-state index contributed by atoms with van der Waals surface area (Å²) in [5.74, 6) is 0.403. The van der Waals surface area contributed by atoms with Crippen LogP contribution in [0.15, 0.2) is 44.3 Å². The van der Waals surface area contributed by atoms with Gasteiger partial charge in [0.2, 0.25) is 5.89 Å². The highest BCUT2D eigenvalue weighted by molar-refractivity contribution is 7.91. The van der Waals surface area contributed by atoms with Crippen molar-refractivity contribution in [1.82, 2.24) is 10.3 Å². The Morgan fingerprint density at radius 3 is 2.67 bits per heavy atom. The lowest BCUT2D eigenvalue weighted by molar-refractivity contribution is -0.0958. The van der Waals surface area contributed by atoms with Crippen LogP contribution in [0, 0.1) is 4.78 Å². The van der Waals surface area contributed by atoms with Crippen LogP contribution in [0.5, 0.6) is 0 Å². The molecular weight excluding hydrogens is 390 g/mol. The summed E-state index contributed by atoms with van der Waals surface area (Å²) < 4.78 is 30.4. The summed E-state index contributed by atoms with van der Waals surface area (Å²) in [4.78, 5) is 17.0. The monoisotopic (exact) mass is 405 g/mol. The molecule has 0 aliphatic heterocycles. The van der Waals surface area contributed by atoms with E-state index in [0.29, 0.717) is 16.5 Å². The second kappa shape index (κ2) is 5.14. The van der Waals surface area contributed by atoms with Gasteiger partial charge in [0, 0.05) is 16.8 Å². The van der Waals surface area contributed by atoms with Crippen molar-refractivity contribution in [2.24, 2.45) is 0 Å². The summed E-state index contributed by atoms with van der Waals surface area (Å²) in [6.07, 6.45) is 3.51. The Labute approximate surface area is 160 Å². The molecule has 140 valence electrons. The molecule has 6 rings (SSSR count). The Hall–Kier alpha value is -2.32. The molecule has 3 aliphatic carbocycles. The first-order valence-corrected chi connectivity index (χ1v) is 10.8. The number of carbonyl (C=O) groups excluding carboxylic acids is 1. The van der Waals surface area contributed by atoms with Crippen molar-refractivity contribution in [3.05, 3.63) is 47.0 Å². The SMILES string of the molecule is CS(=N)(=O)c1ccc(C(=O)NC23CC(c4nc5cc(Cl)ccc5o4)(C2)C3)o1. The number of fused-ring (bicyclic) bond motifs is 1. The number of furan rings is 1. The number of benzene rings is 1. The van der Waals surface area contributed by atoms with Gasteiger partial charge < -0.3 is 14.2 Å². The largest absolute Gasteiger partial charge is 0.441 e.